The summed E-state index contributed by atoms with van der Waals surface area (Å²) >= 11 is 0. The number of Topliss-reactive ketones (excluding diaryl/α,β-unsaturated/α-hetero) is 1. The molecular weight excluding hydrogens is 222 g/mol. The fourth-order valence-electron chi connectivity index (χ4n) is 1.48. The molecular formula is C12H15NO4. The summed E-state index contributed by atoms with van der Waals surface area (Å²) in [5.41, 5.74) is 1.47. The minimum absolute atomic E-state index is 0.0317. The minimum atomic E-state index is -0.438. The Kier molecular flexibility index (Phi) is 4.20. The number of hydrogen-bond acceptors (Lipinski definition) is 4. The zero-order chi connectivity index (χ0) is 13.0. The molecule has 0 spiro atoms. The van der Waals surface area contributed by atoms with Crippen LogP contribution in [-0.2, 0) is 4.79 Å². The molecule has 1 aromatic carbocycles. The van der Waals surface area contributed by atoms with Crippen LogP contribution >= 0.6 is 0 Å². The first kappa shape index (κ1) is 13.2. The summed E-state index contributed by atoms with van der Waals surface area (Å²) in [6.45, 7) is 5.23. The summed E-state index contributed by atoms with van der Waals surface area (Å²) in [6.07, 6.45) is 0.307. The minimum Gasteiger partial charge on any atom is -0.493 e. The van der Waals surface area contributed by atoms with E-state index in [2.05, 4.69) is 0 Å². The quantitative estimate of drug-likeness (QED) is 0.583. The molecule has 1 rings (SSSR count). The second-order valence-corrected chi connectivity index (χ2v) is 3.96. The number of nitro benzene ring substituents is 1. The maximum absolute atomic E-state index is 10.8. The van der Waals surface area contributed by atoms with E-state index in [0.717, 1.165) is 5.56 Å². The molecule has 0 aliphatic heterocycles. The maximum atomic E-state index is 10.8. The lowest BCUT2D eigenvalue weighted by Crippen LogP contribution is -2.04. The van der Waals surface area contributed by atoms with Gasteiger partial charge in [0.05, 0.1) is 17.6 Å². The molecule has 0 atom stereocenters. The summed E-state index contributed by atoms with van der Waals surface area (Å²) < 4.78 is 5.37. The van der Waals surface area contributed by atoms with Crippen molar-refractivity contribution in [1.29, 1.82) is 0 Å². The third kappa shape index (κ3) is 3.55. The molecule has 0 aliphatic rings. The number of ether oxygens (including phenoxy) is 1. The van der Waals surface area contributed by atoms with Gasteiger partial charge >= 0.3 is 0 Å². The summed E-state index contributed by atoms with van der Waals surface area (Å²) in [5.74, 6) is 0.493. The Balaban J connectivity index is 2.88. The number of ketones is 1. The SMILES string of the molecule is CC(=O)CCOc1cc([N+](=O)[O-])c(C)cc1C. The highest BCUT2D eigenvalue weighted by molar-refractivity contribution is 5.75. The first-order valence-corrected chi connectivity index (χ1v) is 5.29. The number of benzene rings is 1. The first-order valence-electron chi connectivity index (χ1n) is 5.29. The van der Waals surface area contributed by atoms with Gasteiger partial charge in [-0.1, -0.05) is 0 Å². The Hall–Kier alpha value is -1.91. The molecule has 0 bridgehead atoms. The van der Waals surface area contributed by atoms with Gasteiger partial charge in [-0.3, -0.25) is 14.9 Å². The fraction of sp³-hybridized carbons (Fsp3) is 0.417. The number of carbonyl (C=O) groups excluding carboxylic acids is 1. The van der Waals surface area contributed by atoms with E-state index in [4.69, 9.17) is 4.74 Å². The average Bonchev–Trinajstić information content (AvgIpc) is 2.20. The summed E-state index contributed by atoms with van der Waals surface area (Å²) in [6, 6.07) is 3.12. The van der Waals surface area contributed by atoms with Gasteiger partial charge < -0.3 is 4.74 Å². The van der Waals surface area contributed by atoms with E-state index in [-0.39, 0.29) is 18.1 Å². The molecule has 0 fully saturated rings. The van der Waals surface area contributed by atoms with Crippen molar-refractivity contribution in [2.45, 2.75) is 27.2 Å². The molecule has 0 N–H and O–H groups in total. The van der Waals surface area contributed by atoms with Crippen LogP contribution in [0.25, 0.3) is 0 Å². The highest BCUT2D eigenvalue weighted by atomic mass is 16.6. The average molecular weight is 237 g/mol. The smallest absolute Gasteiger partial charge is 0.276 e. The number of nitrogens with zero attached hydrogens (tertiary/aromatic N) is 1. The van der Waals surface area contributed by atoms with Crippen LogP contribution in [-0.4, -0.2) is 17.3 Å². The Morgan fingerprint density at radius 1 is 1.35 bits per heavy atom. The van der Waals surface area contributed by atoms with Crippen molar-refractivity contribution in [3.05, 3.63) is 33.4 Å². The molecule has 0 unspecified atom stereocenters. The monoisotopic (exact) mass is 237 g/mol. The second kappa shape index (κ2) is 5.43. The molecule has 1 aromatic rings. The summed E-state index contributed by atoms with van der Waals surface area (Å²) in [5, 5.41) is 10.8. The first-order chi connectivity index (χ1) is 7.91. The van der Waals surface area contributed by atoms with Crippen molar-refractivity contribution < 1.29 is 14.5 Å². The number of hydrogen-bond donors (Lipinski definition) is 0. The zero-order valence-corrected chi connectivity index (χ0v) is 10.1. The molecule has 0 radical (unpaired) electrons. The van der Waals surface area contributed by atoms with Gasteiger partial charge in [0.2, 0.25) is 0 Å². The van der Waals surface area contributed by atoms with Gasteiger partial charge in [0.25, 0.3) is 5.69 Å². The highest BCUT2D eigenvalue weighted by Crippen LogP contribution is 2.28. The third-order valence-electron chi connectivity index (χ3n) is 2.40. The van der Waals surface area contributed by atoms with Crippen molar-refractivity contribution in [2.24, 2.45) is 0 Å². The van der Waals surface area contributed by atoms with E-state index in [1.54, 1.807) is 13.0 Å². The van der Waals surface area contributed by atoms with E-state index in [1.807, 2.05) is 6.92 Å². The normalized spacial score (nSPS) is 10.1. The number of carbonyl (C=O) groups is 1. The molecule has 0 heterocycles. The van der Waals surface area contributed by atoms with Crippen LogP contribution in [0.1, 0.15) is 24.5 Å². The van der Waals surface area contributed by atoms with Crippen LogP contribution in [0.2, 0.25) is 0 Å². The van der Waals surface area contributed by atoms with Crippen molar-refractivity contribution in [3.63, 3.8) is 0 Å². The van der Waals surface area contributed by atoms with Crippen molar-refractivity contribution in [1.82, 2.24) is 0 Å². The van der Waals surface area contributed by atoms with E-state index in [9.17, 15) is 14.9 Å². The molecule has 17 heavy (non-hydrogen) atoms. The molecule has 5 nitrogen and oxygen atoms in total. The van der Waals surface area contributed by atoms with Gasteiger partial charge in [0.1, 0.15) is 11.5 Å². The highest BCUT2D eigenvalue weighted by Gasteiger charge is 2.14. The molecule has 5 heteroatoms. The number of nitro groups is 1. The summed E-state index contributed by atoms with van der Waals surface area (Å²) in [7, 11) is 0. The van der Waals surface area contributed by atoms with Gasteiger partial charge in [0, 0.05) is 12.0 Å². The van der Waals surface area contributed by atoms with E-state index in [1.165, 1.54) is 13.0 Å². The summed E-state index contributed by atoms with van der Waals surface area (Å²) in [4.78, 5) is 21.1. The van der Waals surface area contributed by atoms with Crippen LogP contribution in [0.3, 0.4) is 0 Å². The standard InChI is InChI=1S/C12H15NO4/c1-8-6-9(2)12(7-11(8)13(15)16)17-5-4-10(3)14/h6-7H,4-5H2,1-3H3. The Morgan fingerprint density at radius 2 is 2.00 bits per heavy atom. The van der Waals surface area contributed by atoms with Crippen LogP contribution < -0.4 is 4.74 Å². The van der Waals surface area contributed by atoms with Gasteiger partial charge in [-0.05, 0) is 32.4 Å². The van der Waals surface area contributed by atoms with E-state index in [0.29, 0.717) is 17.7 Å². The number of aryl methyl sites for hydroxylation is 2. The number of rotatable bonds is 5. The van der Waals surface area contributed by atoms with Crippen LogP contribution in [0.4, 0.5) is 5.69 Å². The molecule has 0 amide bonds. The van der Waals surface area contributed by atoms with Crippen LogP contribution in [0, 0.1) is 24.0 Å². The van der Waals surface area contributed by atoms with Crippen molar-refractivity contribution in [3.8, 4) is 5.75 Å². The van der Waals surface area contributed by atoms with Gasteiger partial charge in [-0.25, -0.2) is 0 Å². The fourth-order valence-corrected chi connectivity index (χ4v) is 1.48. The predicted molar refractivity (Wildman–Crippen MR) is 63.4 cm³/mol. The molecule has 0 aromatic heterocycles. The Morgan fingerprint density at radius 3 is 2.53 bits per heavy atom. The lowest BCUT2D eigenvalue weighted by Gasteiger charge is -2.09. The molecule has 0 saturated heterocycles. The van der Waals surface area contributed by atoms with Crippen molar-refractivity contribution in [2.75, 3.05) is 6.61 Å². The lowest BCUT2D eigenvalue weighted by atomic mass is 10.1. The van der Waals surface area contributed by atoms with Crippen LogP contribution in [0.15, 0.2) is 12.1 Å². The maximum Gasteiger partial charge on any atom is 0.276 e. The third-order valence-corrected chi connectivity index (χ3v) is 2.40. The van der Waals surface area contributed by atoms with E-state index >= 15 is 0 Å². The predicted octanol–water partition coefficient (Wildman–Crippen LogP) is 2.57. The van der Waals surface area contributed by atoms with Gasteiger partial charge in [0.15, 0.2) is 0 Å². The van der Waals surface area contributed by atoms with Crippen LogP contribution in [0.5, 0.6) is 5.75 Å². The zero-order valence-electron chi connectivity index (χ0n) is 10.1. The molecule has 92 valence electrons. The topological polar surface area (TPSA) is 69.4 Å². The van der Waals surface area contributed by atoms with Gasteiger partial charge in [-0.15, -0.1) is 0 Å². The Labute approximate surface area is 99.5 Å². The Bertz CT molecular complexity index is 454. The second-order valence-electron chi connectivity index (χ2n) is 3.96. The lowest BCUT2D eigenvalue weighted by molar-refractivity contribution is -0.385. The van der Waals surface area contributed by atoms with Crippen molar-refractivity contribution >= 4 is 11.5 Å². The molecule has 0 aliphatic carbocycles. The molecule has 0 saturated carbocycles. The largest absolute Gasteiger partial charge is 0.493 e. The van der Waals surface area contributed by atoms with Gasteiger partial charge in [-0.2, -0.15) is 0 Å². The van der Waals surface area contributed by atoms with E-state index < -0.39 is 4.92 Å².